The zero-order valence-corrected chi connectivity index (χ0v) is 9.06. The van der Waals surface area contributed by atoms with Crippen molar-refractivity contribution in [3.8, 4) is 0 Å². The SMILES string of the molecule is CS(=O)(=O)CC(=O)NCC1CCCN1. The molecular formula is C8H16N2O3S. The minimum Gasteiger partial charge on any atom is -0.354 e. The first kappa shape index (κ1) is 11.5. The van der Waals surface area contributed by atoms with E-state index in [0.717, 1.165) is 25.6 Å². The summed E-state index contributed by atoms with van der Waals surface area (Å²) in [7, 11) is -3.20. The van der Waals surface area contributed by atoms with Gasteiger partial charge in [-0.2, -0.15) is 0 Å². The summed E-state index contributed by atoms with van der Waals surface area (Å²) in [5, 5.41) is 5.81. The van der Waals surface area contributed by atoms with E-state index in [2.05, 4.69) is 10.6 Å². The Labute approximate surface area is 84.2 Å². The van der Waals surface area contributed by atoms with E-state index in [4.69, 9.17) is 0 Å². The molecule has 0 saturated carbocycles. The van der Waals surface area contributed by atoms with Crippen molar-refractivity contribution in [2.24, 2.45) is 0 Å². The summed E-state index contributed by atoms with van der Waals surface area (Å²) in [6.07, 6.45) is 3.21. The Hall–Kier alpha value is -0.620. The molecular weight excluding hydrogens is 204 g/mol. The summed E-state index contributed by atoms with van der Waals surface area (Å²) in [4.78, 5) is 11.1. The van der Waals surface area contributed by atoms with Gasteiger partial charge in [-0.05, 0) is 19.4 Å². The maximum Gasteiger partial charge on any atom is 0.235 e. The zero-order chi connectivity index (χ0) is 10.6. The standard InChI is InChI=1S/C8H16N2O3S/c1-14(12,13)6-8(11)10-5-7-3-2-4-9-7/h7,9H,2-6H2,1H3,(H,10,11). The van der Waals surface area contributed by atoms with E-state index in [1.165, 1.54) is 0 Å². The quantitative estimate of drug-likeness (QED) is 0.630. The van der Waals surface area contributed by atoms with Gasteiger partial charge >= 0.3 is 0 Å². The largest absolute Gasteiger partial charge is 0.354 e. The summed E-state index contributed by atoms with van der Waals surface area (Å²) < 4.78 is 21.5. The highest BCUT2D eigenvalue weighted by Crippen LogP contribution is 2.02. The third-order valence-electron chi connectivity index (χ3n) is 2.10. The van der Waals surface area contributed by atoms with Gasteiger partial charge in [0.1, 0.15) is 5.75 Å². The van der Waals surface area contributed by atoms with Crippen molar-refractivity contribution in [2.75, 3.05) is 25.1 Å². The van der Waals surface area contributed by atoms with Crippen LogP contribution in [0.15, 0.2) is 0 Å². The Morgan fingerprint density at radius 3 is 2.79 bits per heavy atom. The topological polar surface area (TPSA) is 75.3 Å². The number of nitrogens with one attached hydrogen (secondary N) is 2. The molecule has 1 aliphatic rings. The van der Waals surface area contributed by atoms with Crippen LogP contribution < -0.4 is 10.6 Å². The number of amides is 1. The van der Waals surface area contributed by atoms with E-state index in [0.29, 0.717) is 12.6 Å². The first-order chi connectivity index (χ1) is 6.47. The third-order valence-corrected chi connectivity index (χ3v) is 2.89. The van der Waals surface area contributed by atoms with E-state index in [1.807, 2.05) is 0 Å². The molecule has 0 aromatic heterocycles. The molecule has 1 aliphatic heterocycles. The minimum absolute atomic E-state index is 0.304. The Morgan fingerprint density at radius 1 is 1.57 bits per heavy atom. The molecule has 6 heteroatoms. The molecule has 1 unspecified atom stereocenters. The highest BCUT2D eigenvalue weighted by Gasteiger charge is 2.16. The Kier molecular flexibility index (Phi) is 3.88. The molecule has 0 spiro atoms. The summed E-state index contributed by atoms with van der Waals surface area (Å²) in [6, 6.07) is 0.304. The fourth-order valence-electron chi connectivity index (χ4n) is 1.46. The smallest absolute Gasteiger partial charge is 0.235 e. The van der Waals surface area contributed by atoms with Gasteiger partial charge in [-0.25, -0.2) is 8.42 Å². The fourth-order valence-corrected chi connectivity index (χ4v) is 2.04. The van der Waals surface area contributed by atoms with Crippen LogP contribution in [-0.2, 0) is 14.6 Å². The van der Waals surface area contributed by atoms with Gasteiger partial charge in [0.2, 0.25) is 5.91 Å². The first-order valence-corrected chi connectivity index (χ1v) is 6.71. The van der Waals surface area contributed by atoms with Crippen molar-refractivity contribution in [1.82, 2.24) is 10.6 Å². The van der Waals surface area contributed by atoms with Crippen molar-refractivity contribution in [2.45, 2.75) is 18.9 Å². The number of hydrogen-bond acceptors (Lipinski definition) is 4. The van der Waals surface area contributed by atoms with Crippen molar-refractivity contribution < 1.29 is 13.2 Å². The maximum absolute atomic E-state index is 11.1. The average Bonchev–Trinajstić information content (AvgIpc) is 2.49. The van der Waals surface area contributed by atoms with Crippen LogP contribution in [0.5, 0.6) is 0 Å². The lowest BCUT2D eigenvalue weighted by molar-refractivity contribution is -0.118. The lowest BCUT2D eigenvalue weighted by Gasteiger charge is -2.10. The Bertz CT molecular complexity index is 294. The van der Waals surface area contributed by atoms with Crippen LogP contribution in [0.2, 0.25) is 0 Å². The Morgan fingerprint density at radius 2 is 2.29 bits per heavy atom. The second kappa shape index (κ2) is 4.75. The molecule has 0 bridgehead atoms. The van der Waals surface area contributed by atoms with E-state index >= 15 is 0 Å². The molecule has 1 saturated heterocycles. The minimum atomic E-state index is -3.20. The average molecular weight is 220 g/mol. The molecule has 14 heavy (non-hydrogen) atoms. The van der Waals surface area contributed by atoms with Crippen LogP contribution in [0.25, 0.3) is 0 Å². The van der Waals surface area contributed by atoms with Crippen LogP contribution in [0.3, 0.4) is 0 Å². The van der Waals surface area contributed by atoms with Gasteiger partial charge in [-0.3, -0.25) is 4.79 Å². The normalized spacial score (nSPS) is 22.2. The number of carbonyl (C=O) groups is 1. The van der Waals surface area contributed by atoms with Crippen LogP contribution in [0.4, 0.5) is 0 Å². The molecule has 1 atom stereocenters. The van der Waals surface area contributed by atoms with Crippen LogP contribution in [-0.4, -0.2) is 45.5 Å². The number of hydrogen-bond donors (Lipinski definition) is 2. The van der Waals surface area contributed by atoms with Crippen LogP contribution in [0, 0.1) is 0 Å². The van der Waals surface area contributed by atoms with E-state index in [1.54, 1.807) is 0 Å². The molecule has 2 N–H and O–H groups in total. The highest BCUT2D eigenvalue weighted by molar-refractivity contribution is 7.91. The van der Waals surface area contributed by atoms with E-state index in [9.17, 15) is 13.2 Å². The monoisotopic (exact) mass is 220 g/mol. The summed E-state index contributed by atoms with van der Waals surface area (Å²) in [5.74, 6) is -0.832. The second-order valence-corrected chi connectivity index (χ2v) is 5.81. The third kappa shape index (κ3) is 4.57. The van der Waals surface area contributed by atoms with Crippen molar-refractivity contribution in [3.05, 3.63) is 0 Å². The van der Waals surface area contributed by atoms with Crippen molar-refractivity contribution in [1.29, 1.82) is 0 Å². The van der Waals surface area contributed by atoms with Gasteiger partial charge < -0.3 is 10.6 Å². The van der Waals surface area contributed by atoms with Gasteiger partial charge in [0.25, 0.3) is 0 Å². The van der Waals surface area contributed by atoms with Crippen LogP contribution in [0.1, 0.15) is 12.8 Å². The molecule has 1 amide bonds. The van der Waals surface area contributed by atoms with Gasteiger partial charge in [-0.15, -0.1) is 0 Å². The number of rotatable bonds is 4. The lowest BCUT2D eigenvalue weighted by Crippen LogP contribution is -2.39. The summed E-state index contributed by atoms with van der Waals surface area (Å²) in [6.45, 7) is 1.50. The summed E-state index contributed by atoms with van der Waals surface area (Å²) in [5.41, 5.74) is 0. The zero-order valence-electron chi connectivity index (χ0n) is 8.25. The fraction of sp³-hybridized carbons (Fsp3) is 0.875. The molecule has 0 aliphatic carbocycles. The molecule has 82 valence electrons. The summed E-state index contributed by atoms with van der Waals surface area (Å²) >= 11 is 0. The first-order valence-electron chi connectivity index (χ1n) is 4.65. The predicted molar refractivity (Wildman–Crippen MR) is 53.7 cm³/mol. The number of sulfone groups is 1. The van der Waals surface area contributed by atoms with Gasteiger partial charge in [-0.1, -0.05) is 0 Å². The van der Waals surface area contributed by atoms with Gasteiger partial charge in [0.05, 0.1) is 0 Å². The molecule has 5 nitrogen and oxygen atoms in total. The Balaban J connectivity index is 2.21. The van der Waals surface area contributed by atoms with Crippen molar-refractivity contribution in [3.63, 3.8) is 0 Å². The highest BCUT2D eigenvalue weighted by atomic mass is 32.2. The van der Waals surface area contributed by atoms with Crippen molar-refractivity contribution >= 4 is 15.7 Å². The second-order valence-electron chi connectivity index (χ2n) is 3.67. The predicted octanol–water partition coefficient (Wildman–Crippen LogP) is -1.10. The van der Waals surface area contributed by atoms with E-state index in [-0.39, 0.29) is 0 Å². The molecule has 1 rings (SSSR count). The molecule has 1 fully saturated rings. The molecule has 0 radical (unpaired) electrons. The van der Waals surface area contributed by atoms with Gasteiger partial charge in [0, 0.05) is 18.8 Å². The molecule has 0 aromatic carbocycles. The molecule has 1 heterocycles. The van der Waals surface area contributed by atoms with Gasteiger partial charge in [0.15, 0.2) is 9.84 Å². The number of carbonyl (C=O) groups excluding carboxylic acids is 1. The van der Waals surface area contributed by atoms with E-state index < -0.39 is 21.5 Å². The van der Waals surface area contributed by atoms with Crippen LogP contribution >= 0.6 is 0 Å². The molecule has 0 aromatic rings. The maximum atomic E-state index is 11.1. The lowest BCUT2D eigenvalue weighted by atomic mass is 10.2.